The zero-order valence-electron chi connectivity index (χ0n) is 18.4. The van der Waals surface area contributed by atoms with Gasteiger partial charge in [0.15, 0.2) is 11.5 Å². The van der Waals surface area contributed by atoms with Crippen LogP contribution in [0.4, 0.5) is 0 Å². The van der Waals surface area contributed by atoms with Gasteiger partial charge in [0, 0.05) is 12.0 Å². The predicted molar refractivity (Wildman–Crippen MR) is 119 cm³/mol. The van der Waals surface area contributed by atoms with Crippen LogP contribution < -0.4 is 19.5 Å². The first-order valence-corrected chi connectivity index (χ1v) is 11.7. The number of fused-ring (bicyclic) bond motifs is 1. The molecule has 1 fully saturated rings. The van der Waals surface area contributed by atoms with Gasteiger partial charge in [-0.2, -0.15) is 0 Å². The third kappa shape index (κ3) is 5.48. The van der Waals surface area contributed by atoms with E-state index in [1.54, 1.807) is 0 Å². The van der Waals surface area contributed by atoms with Gasteiger partial charge in [-0.1, -0.05) is 31.4 Å². The van der Waals surface area contributed by atoms with E-state index in [2.05, 4.69) is 55.6 Å². The number of hydrogen-bond donors (Lipinski definition) is 1. The molecule has 30 heavy (non-hydrogen) atoms. The first kappa shape index (κ1) is 21.0. The Morgan fingerprint density at radius 1 is 0.967 bits per heavy atom. The van der Waals surface area contributed by atoms with Crippen molar-refractivity contribution in [1.82, 2.24) is 0 Å². The minimum absolute atomic E-state index is 0.218. The topological polar surface area (TPSA) is 44.3 Å². The average molecular weight is 411 g/mol. The zero-order valence-corrected chi connectivity index (χ0v) is 18.4. The molecule has 4 nitrogen and oxygen atoms in total. The summed E-state index contributed by atoms with van der Waals surface area (Å²) >= 11 is 0. The summed E-state index contributed by atoms with van der Waals surface area (Å²) in [6.07, 6.45) is 8.36. The molecule has 1 saturated carbocycles. The average Bonchev–Trinajstić information content (AvgIpc) is 3.23. The molecular weight excluding hydrogens is 374 g/mol. The summed E-state index contributed by atoms with van der Waals surface area (Å²) in [7, 11) is 0. The van der Waals surface area contributed by atoms with Crippen LogP contribution >= 0.6 is 0 Å². The molecule has 0 bridgehead atoms. The Balaban J connectivity index is 1.35. The largest absolute Gasteiger partial charge is 0.491 e. The Morgan fingerprint density at radius 3 is 2.50 bits per heavy atom. The van der Waals surface area contributed by atoms with Crippen molar-refractivity contribution < 1.29 is 19.5 Å². The normalized spacial score (nSPS) is 17.3. The van der Waals surface area contributed by atoms with E-state index in [0.29, 0.717) is 12.7 Å². The Labute approximate surface area is 180 Å². The summed E-state index contributed by atoms with van der Waals surface area (Å²) in [5.41, 5.74) is 2.78. The van der Waals surface area contributed by atoms with Crippen molar-refractivity contribution in [2.24, 2.45) is 5.92 Å². The standard InChI is InChI=1S/C26H35NO3/c1-19(2)30-23-11-9-22(10-12-23)24(21-6-4-3-5-7-21)14-15-27-17-20-8-13-25-26(16-20)29-18-28-25/h8-13,16,19,21,24,27H,3-7,14-15,17-18H2,1-2H3/p+1/t24-/m1/s1. The molecule has 2 aliphatic rings. The Hall–Kier alpha value is -2.20. The van der Waals surface area contributed by atoms with E-state index in [0.717, 1.165) is 36.3 Å². The van der Waals surface area contributed by atoms with Crippen LogP contribution in [-0.4, -0.2) is 19.4 Å². The third-order valence-corrected chi connectivity index (χ3v) is 6.40. The van der Waals surface area contributed by atoms with E-state index in [9.17, 15) is 0 Å². The summed E-state index contributed by atoms with van der Waals surface area (Å²) in [6.45, 7) is 6.62. The molecule has 4 rings (SSSR count). The lowest BCUT2D eigenvalue weighted by Crippen LogP contribution is -2.82. The van der Waals surface area contributed by atoms with Gasteiger partial charge in [0.2, 0.25) is 6.79 Å². The van der Waals surface area contributed by atoms with E-state index >= 15 is 0 Å². The molecule has 0 unspecified atom stereocenters. The van der Waals surface area contributed by atoms with Gasteiger partial charge in [-0.3, -0.25) is 0 Å². The first-order valence-electron chi connectivity index (χ1n) is 11.7. The maximum Gasteiger partial charge on any atom is 0.231 e. The van der Waals surface area contributed by atoms with Crippen molar-refractivity contribution in [3.63, 3.8) is 0 Å². The molecule has 0 radical (unpaired) electrons. The Bertz CT molecular complexity index is 796. The molecule has 0 spiro atoms. The highest BCUT2D eigenvalue weighted by atomic mass is 16.7. The van der Waals surface area contributed by atoms with Gasteiger partial charge in [0.1, 0.15) is 12.3 Å². The highest BCUT2D eigenvalue weighted by Gasteiger charge is 2.25. The van der Waals surface area contributed by atoms with Gasteiger partial charge in [0.05, 0.1) is 12.6 Å². The molecule has 1 aliphatic carbocycles. The van der Waals surface area contributed by atoms with E-state index < -0.39 is 0 Å². The number of ether oxygens (including phenoxy) is 3. The smallest absolute Gasteiger partial charge is 0.231 e. The number of nitrogens with two attached hydrogens (primary N) is 1. The number of rotatable bonds is 9. The fraction of sp³-hybridized carbons (Fsp3) is 0.538. The van der Waals surface area contributed by atoms with Gasteiger partial charge in [0.25, 0.3) is 0 Å². The van der Waals surface area contributed by atoms with Gasteiger partial charge in [-0.25, -0.2) is 0 Å². The highest BCUT2D eigenvalue weighted by Crippen LogP contribution is 2.38. The molecule has 1 aliphatic heterocycles. The molecule has 2 N–H and O–H groups in total. The summed E-state index contributed by atoms with van der Waals surface area (Å²) in [5, 5.41) is 2.43. The molecular formula is C26H36NO3+. The number of benzene rings is 2. The summed E-state index contributed by atoms with van der Waals surface area (Å²) in [4.78, 5) is 0. The lowest BCUT2D eigenvalue weighted by molar-refractivity contribution is -0.671. The van der Waals surface area contributed by atoms with E-state index in [1.165, 1.54) is 49.7 Å². The van der Waals surface area contributed by atoms with Crippen LogP contribution in [0.3, 0.4) is 0 Å². The van der Waals surface area contributed by atoms with Gasteiger partial charge < -0.3 is 19.5 Å². The van der Waals surface area contributed by atoms with Crippen molar-refractivity contribution in [3.8, 4) is 17.2 Å². The zero-order chi connectivity index (χ0) is 20.8. The van der Waals surface area contributed by atoms with Crippen LogP contribution in [0.2, 0.25) is 0 Å². The summed E-state index contributed by atoms with van der Waals surface area (Å²) in [5.74, 6) is 4.18. The van der Waals surface area contributed by atoms with Gasteiger partial charge in [-0.05, 0) is 74.4 Å². The van der Waals surface area contributed by atoms with Crippen molar-refractivity contribution in [2.45, 2.75) is 70.9 Å². The maximum absolute atomic E-state index is 5.85. The molecule has 4 heteroatoms. The fourth-order valence-corrected chi connectivity index (χ4v) is 4.91. The molecule has 0 amide bonds. The van der Waals surface area contributed by atoms with Crippen LogP contribution in [0.15, 0.2) is 42.5 Å². The molecule has 0 aromatic heterocycles. The monoisotopic (exact) mass is 410 g/mol. The van der Waals surface area contributed by atoms with E-state index in [4.69, 9.17) is 14.2 Å². The molecule has 1 atom stereocenters. The second kappa shape index (κ2) is 10.2. The van der Waals surface area contributed by atoms with Gasteiger partial charge in [-0.15, -0.1) is 0 Å². The fourth-order valence-electron chi connectivity index (χ4n) is 4.91. The molecule has 2 aromatic carbocycles. The van der Waals surface area contributed by atoms with Crippen LogP contribution in [0.1, 0.15) is 69.4 Å². The Kier molecular flexibility index (Phi) is 7.16. The molecule has 162 valence electrons. The second-order valence-corrected chi connectivity index (χ2v) is 9.00. The molecule has 2 aromatic rings. The number of hydrogen-bond acceptors (Lipinski definition) is 3. The second-order valence-electron chi connectivity index (χ2n) is 9.00. The molecule has 0 saturated heterocycles. The Morgan fingerprint density at radius 2 is 1.73 bits per heavy atom. The van der Waals surface area contributed by atoms with E-state index in [-0.39, 0.29) is 6.10 Å². The van der Waals surface area contributed by atoms with Gasteiger partial charge >= 0.3 is 0 Å². The lowest BCUT2D eigenvalue weighted by Gasteiger charge is -2.30. The molecule has 1 heterocycles. The quantitative estimate of drug-likeness (QED) is 0.590. The predicted octanol–water partition coefficient (Wildman–Crippen LogP) is 5.02. The van der Waals surface area contributed by atoms with Crippen LogP contribution in [0, 0.1) is 5.92 Å². The first-order chi connectivity index (χ1) is 14.7. The number of quaternary nitrogens is 1. The third-order valence-electron chi connectivity index (χ3n) is 6.40. The van der Waals surface area contributed by atoms with Crippen LogP contribution in [0.25, 0.3) is 0 Å². The lowest BCUT2D eigenvalue weighted by atomic mass is 9.75. The van der Waals surface area contributed by atoms with Crippen molar-refractivity contribution in [1.29, 1.82) is 0 Å². The summed E-state index contributed by atoms with van der Waals surface area (Å²) < 4.78 is 16.8. The van der Waals surface area contributed by atoms with E-state index in [1.807, 2.05) is 6.07 Å². The summed E-state index contributed by atoms with van der Waals surface area (Å²) in [6, 6.07) is 15.2. The minimum atomic E-state index is 0.218. The van der Waals surface area contributed by atoms with Crippen LogP contribution in [-0.2, 0) is 6.54 Å². The maximum atomic E-state index is 5.85. The SMILES string of the molecule is CC(C)Oc1ccc([C@H](CC[NH2+]Cc2ccc3c(c2)OCO3)C2CCCCC2)cc1. The minimum Gasteiger partial charge on any atom is -0.491 e. The van der Waals surface area contributed by atoms with Crippen LogP contribution in [0.5, 0.6) is 17.2 Å². The highest BCUT2D eigenvalue weighted by molar-refractivity contribution is 5.44. The van der Waals surface area contributed by atoms with Crippen molar-refractivity contribution >= 4 is 0 Å². The van der Waals surface area contributed by atoms with Crippen molar-refractivity contribution in [3.05, 3.63) is 53.6 Å². The van der Waals surface area contributed by atoms with Crippen molar-refractivity contribution in [2.75, 3.05) is 13.3 Å².